The molecule has 39 heavy (non-hydrogen) atoms. The molecule has 3 N–H and O–H groups in total. The number of methoxy groups -OCH3 is 1. The molecule has 1 aromatic carbocycles. The molecule has 0 radical (unpaired) electrons. The van der Waals surface area contributed by atoms with E-state index in [1.165, 1.54) is 13.5 Å². The summed E-state index contributed by atoms with van der Waals surface area (Å²) in [6.45, 7) is 4.06. The molecule has 3 atom stereocenters. The van der Waals surface area contributed by atoms with Gasteiger partial charge in [-0.05, 0) is 73.4 Å². The van der Waals surface area contributed by atoms with Gasteiger partial charge in [-0.3, -0.25) is 14.4 Å². The molecular formula is C29H39IN2O7. The van der Waals surface area contributed by atoms with Crippen LogP contribution in [0.1, 0.15) is 62.7 Å². The third kappa shape index (κ3) is 8.28. The smallest absolute Gasteiger partial charge is 0.247 e. The zero-order valence-electron chi connectivity index (χ0n) is 22.8. The van der Waals surface area contributed by atoms with Gasteiger partial charge >= 0.3 is 0 Å². The number of aliphatic hydroxyl groups excluding tert-OH is 2. The second kappa shape index (κ2) is 14.8. The van der Waals surface area contributed by atoms with E-state index in [2.05, 4.69) is 5.32 Å². The SMILES string of the molecule is COc1cc(C=O)cc(I)c1OC1C=C(C(=O)NCCO)CC(N(CC2CCCCC2)C(=O)C=C(C)C)C1O. The molecule has 1 saturated carbocycles. The fourth-order valence-corrected chi connectivity index (χ4v) is 5.96. The molecule has 1 aromatic rings. The lowest BCUT2D eigenvalue weighted by Gasteiger charge is -2.42. The van der Waals surface area contributed by atoms with Gasteiger partial charge in [-0.1, -0.05) is 24.8 Å². The van der Waals surface area contributed by atoms with Gasteiger partial charge in [0.25, 0.3) is 0 Å². The standard InChI is InChI=1S/C29H39IN2O7/c1-18(2)11-26(35)32(16-19-7-5-4-6-8-19)23-14-21(29(37)31-9-10-33)15-24(27(23)36)39-28-22(30)12-20(17-34)13-25(28)38-3/h11-13,15,17,19,23-24,27,33,36H,4-10,14,16H2,1-3H3,(H,31,37). The van der Waals surface area contributed by atoms with Crippen LogP contribution in [0.2, 0.25) is 0 Å². The topological polar surface area (TPSA) is 125 Å². The quantitative estimate of drug-likeness (QED) is 0.190. The molecule has 2 aliphatic rings. The summed E-state index contributed by atoms with van der Waals surface area (Å²) >= 11 is 2.03. The summed E-state index contributed by atoms with van der Waals surface area (Å²) < 4.78 is 12.3. The number of aliphatic hydroxyl groups is 2. The van der Waals surface area contributed by atoms with Gasteiger partial charge in [0.15, 0.2) is 11.5 Å². The molecular weight excluding hydrogens is 615 g/mol. The number of nitrogens with one attached hydrogen (secondary N) is 1. The molecule has 2 amide bonds. The van der Waals surface area contributed by atoms with Gasteiger partial charge < -0.3 is 29.9 Å². The third-order valence-electron chi connectivity index (χ3n) is 7.13. The number of rotatable bonds is 11. The Balaban J connectivity index is 2.02. The van der Waals surface area contributed by atoms with Crippen LogP contribution < -0.4 is 14.8 Å². The van der Waals surface area contributed by atoms with E-state index in [0.717, 1.165) is 31.3 Å². The fraction of sp³-hybridized carbons (Fsp3) is 0.552. The number of halogens is 1. The summed E-state index contributed by atoms with van der Waals surface area (Å²) in [7, 11) is 1.46. The maximum absolute atomic E-state index is 13.5. The first-order valence-corrected chi connectivity index (χ1v) is 14.5. The van der Waals surface area contributed by atoms with E-state index in [9.17, 15) is 24.6 Å². The van der Waals surface area contributed by atoms with Gasteiger partial charge in [-0.25, -0.2) is 0 Å². The molecule has 3 rings (SSSR count). The van der Waals surface area contributed by atoms with Crippen LogP contribution in [-0.4, -0.2) is 78.3 Å². The van der Waals surface area contributed by atoms with Crippen molar-refractivity contribution in [3.63, 3.8) is 0 Å². The molecule has 0 aromatic heterocycles. The fourth-order valence-electron chi connectivity index (χ4n) is 5.20. The summed E-state index contributed by atoms with van der Waals surface area (Å²) in [6, 6.07) is 2.48. The van der Waals surface area contributed by atoms with Gasteiger partial charge in [0.05, 0.1) is 23.3 Å². The Hall–Kier alpha value is -2.44. The Bertz CT molecular complexity index is 1090. The van der Waals surface area contributed by atoms with Crippen LogP contribution in [0.25, 0.3) is 0 Å². The Labute approximate surface area is 243 Å². The number of amides is 2. The minimum Gasteiger partial charge on any atom is -0.493 e. The van der Waals surface area contributed by atoms with Crippen molar-refractivity contribution in [2.45, 2.75) is 70.6 Å². The average molecular weight is 655 g/mol. The predicted molar refractivity (Wildman–Crippen MR) is 156 cm³/mol. The molecule has 0 aliphatic heterocycles. The molecule has 0 spiro atoms. The Morgan fingerprint density at radius 2 is 1.92 bits per heavy atom. The van der Waals surface area contributed by atoms with Gasteiger partial charge in [0.2, 0.25) is 11.8 Å². The highest BCUT2D eigenvalue weighted by molar-refractivity contribution is 14.1. The number of allylic oxidation sites excluding steroid dienone is 1. The number of ether oxygens (including phenoxy) is 2. The van der Waals surface area contributed by atoms with Crippen LogP contribution in [0.15, 0.2) is 35.4 Å². The maximum Gasteiger partial charge on any atom is 0.247 e. The number of carbonyl (C=O) groups excluding carboxylic acids is 3. The highest BCUT2D eigenvalue weighted by atomic mass is 127. The zero-order valence-corrected chi connectivity index (χ0v) is 25.0. The molecule has 2 aliphatic carbocycles. The van der Waals surface area contributed by atoms with Crippen molar-refractivity contribution in [3.05, 3.63) is 44.6 Å². The van der Waals surface area contributed by atoms with E-state index < -0.39 is 18.2 Å². The van der Waals surface area contributed by atoms with Crippen molar-refractivity contribution >= 4 is 40.7 Å². The molecule has 3 unspecified atom stereocenters. The monoisotopic (exact) mass is 654 g/mol. The van der Waals surface area contributed by atoms with Crippen LogP contribution in [-0.2, 0) is 9.59 Å². The van der Waals surface area contributed by atoms with E-state index >= 15 is 0 Å². The number of hydrogen-bond acceptors (Lipinski definition) is 7. The van der Waals surface area contributed by atoms with E-state index in [4.69, 9.17) is 9.47 Å². The number of aldehydes is 1. The third-order valence-corrected chi connectivity index (χ3v) is 7.93. The second-order valence-corrected chi connectivity index (χ2v) is 11.5. The summed E-state index contributed by atoms with van der Waals surface area (Å²) in [5.41, 5.74) is 1.62. The van der Waals surface area contributed by atoms with Gasteiger partial charge in [-0.2, -0.15) is 0 Å². The lowest BCUT2D eigenvalue weighted by molar-refractivity contribution is -0.134. The first-order valence-electron chi connectivity index (χ1n) is 13.4. The molecule has 214 valence electrons. The average Bonchev–Trinajstić information content (AvgIpc) is 2.92. The predicted octanol–water partition coefficient (Wildman–Crippen LogP) is 3.40. The summed E-state index contributed by atoms with van der Waals surface area (Å²) in [4.78, 5) is 39.6. The van der Waals surface area contributed by atoms with Crippen molar-refractivity contribution in [1.82, 2.24) is 10.2 Å². The molecule has 0 saturated heterocycles. The van der Waals surface area contributed by atoms with Crippen LogP contribution >= 0.6 is 22.6 Å². The summed E-state index contributed by atoms with van der Waals surface area (Å²) in [6.07, 6.45) is 7.31. The zero-order chi connectivity index (χ0) is 28.5. The first kappa shape index (κ1) is 31.1. The highest BCUT2D eigenvalue weighted by Gasteiger charge is 2.41. The number of nitrogens with zero attached hydrogens (tertiary/aromatic N) is 1. The minimum absolute atomic E-state index is 0.0796. The Morgan fingerprint density at radius 1 is 1.21 bits per heavy atom. The van der Waals surface area contributed by atoms with Crippen LogP contribution in [0.5, 0.6) is 11.5 Å². The Kier molecular flexibility index (Phi) is 11.8. The van der Waals surface area contributed by atoms with Gasteiger partial charge in [0.1, 0.15) is 18.5 Å². The van der Waals surface area contributed by atoms with Crippen molar-refractivity contribution in [3.8, 4) is 11.5 Å². The summed E-state index contributed by atoms with van der Waals surface area (Å²) in [5.74, 6) is 0.365. The van der Waals surface area contributed by atoms with E-state index in [1.807, 2.05) is 36.4 Å². The highest BCUT2D eigenvalue weighted by Crippen LogP contribution is 2.37. The van der Waals surface area contributed by atoms with Gasteiger partial charge in [0, 0.05) is 36.7 Å². The van der Waals surface area contributed by atoms with Crippen LogP contribution in [0.3, 0.4) is 0 Å². The van der Waals surface area contributed by atoms with Crippen molar-refractivity contribution in [2.75, 3.05) is 26.8 Å². The first-order chi connectivity index (χ1) is 18.7. The molecule has 10 heteroatoms. The lowest BCUT2D eigenvalue weighted by atomic mass is 9.85. The minimum atomic E-state index is -1.14. The number of hydrogen-bond donors (Lipinski definition) is 3. The molecule has 1 fully saturated rings. The van der Waals surface area contributed by atoms with Crippen molar-refractivity contribution < 1.29 is 34.1 Å². The van der Waals surface area contributed by atoms with Gasteiger partial charge in [-0.15, -0.1) is 0 Å². The van der Waals surface area contributed by atoms with Crippen molar-refractivity contribution in [2.24, 2.45) is 5.92 Å². The van der Waals surface area contributed by atoms with E-state index in [0.29, 0.717) is 45.0 Å². The van der Waals surface area contributed by atoms with E-state index in [1.54, 1.807) is 29.2 Å². The van der Waals surface area contributed by atoms with E-state index in [-0.39, 0.29) is 31.4 Å². The second-order valence-electron chi connectivity index (χ2n) is 10.4. The lowest BCUT2D eigenvalue weighted by Crippen LogP contribution is -2.56. The van der Waals surface area contributed by atoms with Crippen molar-refractivity contribution in [1.29, 1.82) is 0 Å². The van der Waals surface area contributed by atoms with Crippen LogP contribution in [0, 0.1) is 9.49 Å². The Morgan fingerprint density at radius 3 is 2.54 bits per heavy atom. The number of carbonyl (C=O) groups is 3. The largest absolute Gasteiger partial charge is 0.493 e. The number of benzene rings is 1. The summed E-state index contributed by atoms with van der Waals surface area (Å²) in [5, 5.41) is 23.5. The molecule has 0 bridgehead atoms. The maximum atomic E-state index is 13.5. The van der Waals surface area contributed by atoms with Crippen LogP contribution in [0.4, 0.5) is 0 Å². The molecule has 9 nitrogen and oxygen atoms in total. The molecule has 0 heterocycles. The normalized spacial score (nSPS) is 21.4.